The third-order valence-corrected chi connectivity index (χ3v) is 3.79. The third kappa shape index (κ3) is 3.07. The molecule has 0 N–H and O–H groups in total. The van der Waals surface area contributed by atoms with Crippen LogP contribution in [0.3, 0.4) is 0 Å². The second kappa shape index (κ2) is 5.76. The van der Waals surface area contributed by atoms with Gasteiger partial charge in [0.2, 0.25) is 0 Å². The van der Waals surface area contributed by atoms with Crippen LogP contribution in [0.4, 0.5) is 4.39 Å². The zero-order valence-electron chi connectivity index (χ0n) is 11.5. The number of hydrogen-bond acceptors (Lipinski definition) is 1. The van der Waals surface area contributed by atoms with Gasteiger partial charge in [0.1, 0.15) is 11.6 Å². The van der Waals surface area contributed by atoms with Gasteiger partial charge in [0.25, 0.3) is 0 Å². The molecule has 104 valence electrons. The van der Waals surface area contributed by atoms with Crippen LogP contribution in [0.25, 0.3) is 0 Å². The van der Waals surface area contributed by atoms with Gasteiger partial charge in [-0.3, -0.25) is 4.79 Å². The van der Waals surface area contributed by atoms with E-state index in [4.69, 9.17) is 11.6 Å². The van der Waals surface area contributed by atoms with E-state index in [0.717, 1.165) is 5.56 Å². The summed E-state index contributed by atoms with van der Waals surface area (Å²) >= 11 is 5.85. The van der Waals surface area contributed by atoms with Gasteiger partial charge in [0, 0.05) is 16.9 Å². The lowest BCUT2D eigenvalue weighted by Crippen LogP contribution is -2.30. The van der Waals surface area contributed by atoms with Crippen LogP contribution in [0.5, 0.6) is 0 Å². The Bertz CT molecular complexity index is 620. The van der Waals surface area contributed by atoms with Gasteiger partial charge in [-0.15, -0.1) is 0 Å². The SMILES string of the molecule is CC(C)(C(=O)Cc1cc(Cl)ccc1F)c1ccccc1. The minimum absolute atomic E-state index is 0.0360. The molecule has 0 unspecified atom stereocenters. The maximum absolute atomic E-state index is 13.7. The Morgan fingerprint density at radius 1 is 1.15 bits per heavy atom. The molecule has 0 heterocycles. The molecule has 0 aliphatic carbocycles. The Labute approximate surface area is 123 Å². The van der Waals surface area contributed by atoms with Crippen molar-refractivity contribution in [2.24, 2.45) is 0 Å². The molecule has 0 saturated heterocycles. The van der Waals surface area contributed by atoms with E-state index in [-0.39, 0.29) is 12.2 Å². The van der Waals surface area contributed by atoms with Gasteiger partial charge in [-0.25, -0.2) is 4.39 Å². The summed E-state index contributed by atoms with van der Waals surface area (Å²) in [6, 6.07) is 13.8. The summed E-state index contributed by atoms with van der Waals surface area (Å²) in [6.45, 7) is 3.71. The van der Waals surface area contributed by atoms with Gasteiger partial charge in [-0.2, -0.15) is 0 Å². The number of ketones is 1. The lowest BCUT2D eigenvalue weighted by Gasteiger charge is -2.24. The highest BCUT2D eigenvalue weighted by molar-refractivity contribution is 6.30. The van der Waals surface area contributed by atoms with Crippen LogP contribution in [0.15, 0.2) is 48.5 Å². The summed E-state index contributed by atoms with van der Waals surface area (Å²) in [6.07, 6.45) is 0.0360. The molecule has 0 aliphatic rings. The fourth-order valence-corrected chi connectivity index (χ4v) is 2.28. The highest BCUT2D eigenvalue weighted by atomic mass is 35.5. The zero-order chi connectivity index (χ0) is 14.8. The molecule has 2 aromatic carbocycles. The standard InChI is InChI=1S/C17H16ClFO/c1-17(2,13-6-4-3-5-7-13)16(20)11-12-10-14(18)8-9-15(12)19/h3-10H,11H2,1-2H3. The molecule has 0 radical (unpaired) electrons. The van der Waals surface area contributed by atoms with Gasteiger partial charge in [0.05, 0.1) is 0 Å². The van der Waals surface area contributed by atoms with Crippen molar-refractivity contribution in [1.29, 1.82) is 0 Å². The number of halogens is 2. The predicted octanol–water partition coefficient (Wildman–Crippen LogP) is 4.57. The van der Waals surface area contributed by atoms with Crippen molar-refractivity contribution in [1.82, 2.24) is 0 Å². The number of Topliss-reactive ketones (excluding diaryl/α,β-unsaturated/α-hetero) is 1. The summed E-state index contributed by atoms with van der Waals surface area (Å²) < 4.78 is 13.7. The highest BCUT2D eigenvalue weighted by Crippen LogP contribution is 2.26. The van der Waals surface area contributed by atoms with Gasteiger partial charge < -0.3 is 0 Å². The lowest BCUT2D eigenvalue weighted by molar-refractivity contribution is -0.122. The summed E-state index contributed by atoms with van der Waals surface area (Å²) in [7, 11) is 0. The monoisotopic (exact) mass is 290 g/mol. The molecular weight excluding hydrogens is 275 g/mol. The Kier molecular flexibility index (Phi) is 4.24. The molecule has 0 aromatic heterocycles. The first-order valence-electron chi connectivity index (χ1n) is 6.44. The largest absolute Gasteiger partial charge is 0.298 e. The molecule has 0 spiro atoms. The minimum atomic E-state index is -0.657. The van der Waals surface area contributed by atoms with Crippen molar-refractivity contribution < 1.29 is 9.18 Å². The topological polar surface area (TPSA) is 17.1 Å². The lowest BCUT2D eigenvalue weighted by atomic mass is 9.78. The predicted molar refractivity (Wildman–Crippen MR) is 79.6 cm³/mol. The van der Waals surface area contributed by atoms with Crippen molar-refractivity contribution in [3.63, 3.8) is 0 Å². The van der Waals surface area contributed by atoms with E-state index in [1.807, 2.05) is 44.2 Å². The Hall–Kier alpha value is -1.67. The maximum Gasteiger partial charge on any atom is 0.147 e. The van der Waals surface area contributed by atoms with E-state index in [0.29, 0.717) is 10.6 Å². The summed E-state index contributed by atoms with van der Waals surface area (Å²) in [5.74, 6) is -0.434. The summed E-state index contributed by atoms with van der Waals surface area (Å²) in [5, 5.41) is 0.437. The second-order valence-electron chi connectivity index (χ2n) is 5.33. The first kappa shape index (κ1) is 14.7. The third-order valence-electron chi connectivity index (χ3n) is 3.55. The van der Waals surface area contributed by atoms with E-state index in [1.54, 1.807) is 0 Å². The number of hydrogen-bond donors (Lipinski definition) is 0. The van der Waals surface area contributed by atoms with Crippen molar-refractivity contribution >= 4 is 17.4 Å². The summed E-state index contributed by atoms with van der Waals surface area (Å²) in [5.41, 5.74) is 0.606. The van der Waals surface area contributed by atoms with Crippen LogP contribution in [-0.4, -0.2) is 5.78 Å². The van der Waals surface area contributed by atoms with E-state index < -0.39 is 11.2 Å². The zero-order valence-corrected chi connectivity index (χ0v) is 12.2. The molecule has 0 amide bonds. The van der Waals surface area contributed by atoms with E-state index in [9.17, 15) is 9.18 Å². The summed E-state index contributed by atoms with van der Waals surface area (Å²) in [4.78, 5) is 12.5. The molecule has 1 nitrogen and oxygen atoms in total. The van der Waals surface area contributed by atoms with Crippen molar-refractivity contribution in [2.45, 2.75) is 25.7 Å². The molecule has 0 bridgehead atoms. The van der Waals surface area contributed by atoms with Crippen LogP contribution in [0, 0.1) is 5.82 Å². The average molecular weight is 291 g/mol. The van der Waals surface area contributed by atoms with Gasteiger partial charge in [-0.05, 0) is 43.2 Å². The molecule has 0 saturated carbocycles. The maximum atomic E-state index is 13.7. The molecule has 3 heteroatoms. The van der Waals surface area contributed by atoms with Crippen LogP contribution in [-0.2, 0) is 16.6 Å². The number of benzene rings is 2. The van der Waals surface area contributed by atoms with E-state index in [2.05, 4.69) is 0 Å². The number of carbonyl (C=O) groups excluding carboxylic acids is 1. The molecular formula is C17H16ClFO. The molecule has 0 aliphatic heterocycles. The van der Waals surface area contributed by atoms with Crippen LogP contribution < -0.4 is 0 Å². The van der Waals surface area contributed by atoms with Crippen LogP contribution in [0.2, 0.25) is 5.02 Å². The smallest absolute Gasteiger partial charge is 0.147 e. The van der Waals surface area contributed by atoms with Crippen LogP contribution in [0.1, 0.15) is 25.0 Å². The Balaban J connectivity index is 2.26. The fraction of sp³-hybridized carbons (Fsp3) is 0.235. The fourth-order valence-electron chi connectivity index (χ4n) is 2.09. The Morgan fingerprint density at radius 3 is 2.45 bits per heavy atom. The quantitative estimate of drug-likeness (QED) is 0.806. The van der Waals surface area contributed by atoms with E-state index >= 15 is 0 Å². The first-order valence-corrected chi connectivity index (χ1v) is 6.82. The number of carbonyl (C=O) groups is 1. The van der Waals surface area contributed by atoms with Crippen LogP contribution >= 0.6 is 11.6 Å². The van der Waals surface area contributed by atoms with Gasteiger partial charge in [0.15, 0.2) is 0 Å². The van der Waals surface area contributed by atoms with Crippen molar-refractivity contribution in [3.05, 3.63) is 70.5 Å². The number of rotatable bonds is 4. The van der Waals surface area contributed by atoms with E-state index in [1.165, 1.54) is 18.2 Å². The molecule has 0 atom stereocenters. The van der Waals surface area contributed by atoms with Gasteiger partial charge in [-0.1, -0.05) is 41.9 Å². The van der Waals surface area contributed by atoms with Gasteiger partial charge >= 0.3 is 0 Å². The van der Waals surface area contributed by atoms with Crippen molar-refractivity contribution in [2.75, 3.05) is 0 Å². The van der Waals surface area contributed by atoms with Crippen molar-refractivity contribution in [3.8, 4) is 0 Å². The molecule has 20 heavy (non-hydrogen) atoms. The Morgan fingerprint density at radius 2 is 1.80 bits per heavy atom. The molecule has 2 aromatic rings. The highest BCUT2D eigenvalue weighted by Gasteiger charge is 2.29. The first-order chi connectivity index (χ1) is 9.41. The molecule has 0 fully saturated rings. The molecule has 2 rings (SSSR count). The minimum Gasteiger partial charge on any atom is -0.298 e. The normalized spacial score (nSPS) is 11.4. The second-order valence-corrected chi connectivity index (χ2v) is 5.76. The average Bonchev–Trinajstić information content (AvgIpc) is 2.43.